The minimum atomic E-state index is -0.792. The van der Waals surface area contributed by atoms with Crippen molar-refractivity contribution in [2.75, 3.05) is 6.61 Å². The van der Waals surface area contributed by atoms with Crippen molar-refractivity contribution in [3.05, 3.63) is 28.8 Å². The van der Waals surface area contributed by atoms with Crippen molar-refractivity contribution in [3.8, 4) is 5.75 Å². The molecule has 1 aliphatic rings. The summed E-state index contributed by atoms with van der Waals surface area (Å²) in [6, 6.07) is 5.12. The first-order chi connectivity index (χ1) is 9.95. The summed E-state index contributed by atoms with van der Waals surface area (Å²) in [6.07, 6.45) is 1.79. The van der Waals surface area contributed by atoms with Crippen molar-refractivity contribution in [1.29, 1.82) is 0 Å². The highest BCUT2D eigenvalue weighted by Crippen LogP contribution is 2.25. The van der Waals surface area contributed by atoms with Gasteiger partial charge in [0.25, 0.3) is 5.91 Å². The zero-order chi connectivity index (χ0) is 15.4. The Morgan fingerprint density at radius 2 is 2.19 bits per heavy atom. The van der Waals surface area contributed by atoms with Crippen LogP contribution in [0.2, 0.25) is 5.02 Å². The number of aryl methyl sites for hydroxylation is 1. The van der Waals surface area contributed by atoms with Gasteiger partial charge in [0, 0.05) is 11.1 Å². The molecule has 1 aliphatic carbocycles. The number of hydrogen-bond donors (Lipinski definition) is 2. The van der Waals surface area contributed by atoms with Crippen molar-refractivity contribution in [3.63, 3.8) is 0 Å². The summed E-state index contributed by atoms with van der Waals surface area (Å²) in [7, 11) is 0. The first kappa shape index (κ1) is 15.6. The third-order valence-corrected chi connectivity index (χ3v) is 3.88. The van der Waals surface area contributed by atoms with E-state index in [4.69, 9.17) is 21.4 Å². The molecule has 2 atom stereocenters. The van der Waals surface area contributed by atoms with Crippen LogP contribution in [0.5, 0.6) is 5.75 Å². The third kappa shape index (κ3) is 4.36. The van der Waals surface area contributed by atoms with Gasteiger partial charge in [0.1, 0.15) is 5.75 Å². The molecule has 2 unspecified atom stereocenters. The summed E-state index contributed by atoms with van der Waals surface area (Å²) >= 11 is 5.85. The Morgan fingerprint density at radius 1 is 1.43 bits per heavy atom. The highest BCUT2D eigenvalue weighted by atomic mass is 35.5. The number of nitrogens with one attached hydrogen (secondary N) is 1. The molecule has 1 saturated carbocycles. The summed E-state index contributed by atoms with van der Waals surface area (Å²) in [5.41, 5.74) is 0.863. The maximum atomic E-state index is 11.8. The predicted octanol–water partition coefficient (Wildman–Crippen LogP) is 2.40. The van der Waals surface area contributed by atoms with E-state index in [9.17, 15) is 9.59 Å². The van der Waals surface area contributed by atoms with E-state index in [0.717, 1.165) is 5.56 Å². The number of benzene rings is 1. The van der Waals surface area contributed by atoms with Crippen LogP contribution in [-0.4, -0.2) is 29.6 Å². The smallest absolute Gasteiger partial charge is 0.306 e. The molecular formula is C15H18ClNO4. The molecule has 1 aromatic carbocycles. The standard InChI is InChI=1S/C15H18ClNO4/c1-9-6-11(16)3-5-13(9)21-8-14(18)17-12-4-2-10(7-12)15(19)20/h3,5-6,10,12H,2,4,7-8H2,1H3,(H,17,18)(H,19,20). The summed E-state index contributed by atoms with van der Waals surface area (Å²) in [4.78, 5) is 22.7. The van der Waals surface area contributed by atoms with E-state index in [0.29, 0.717) is 30.0 Å². The van der Waals surface area contributed by atoms with E-state index in [2.05, 4.69) is 5.32 Å². The number of carboxylic acids is 1. The fraction of sp³-hybridized carbons (Fsp3) is 0.467. The van der Waals surface area contributed by atoms with Crippen LogP contribution in [0.1, 0.15) is 24.8 Å². The molecule has 0 spiro atoms. The first-order valence-electron chi connectivity index (χ1n) is 6.87. The molecule has 0 saturated heterocycles. The van der Waals surface area contributed by atoms with E-state index in [-0.39, 0.29) is 24.5 Å². The van der Waals surface area contributed by atoms with Crippen LogP contribution in [0.3, 0.4) is 0 Å². The number of hydrogen-bond acceptors (Lipinski definition) is 3. The topological polar surface area (TPSA) is 75.6 Å². The minimum absolute atomic E-state index is 0.0754. The number of aliphatic carboxylic acids is 1. The summed E-state index contributed by atoms with van der Waals surface area (Å²) in [5.74, 6) is -0.765. The van der Waals surface area contributed by atoms with Gasteiger partial charge in [-0.1, -0.05) is 11.6 Å². The Kier molecular flexibility index (Phi) is 5.07. The maximum Gasteiger partial charge on any atom is 0.306 e. The Hall–Kier alpha value is -1.75. The van der Waals surface area contributed by atoms with Gasteiger partial charge in [-0.2, -0.15) is 0 Å². The third-order valence-electron chi connectivity index (χ3n) is 3.64. The number of amides is 1. The zero-order valence-corrected chi connectivity index (χ0v) is 12.5. The molecule has 0 bridgehead atoms. The van der Waals surface area contributed by atoms with Crippen molar-refractivity contribution < 1.29 is 19.4 Å². The van der Waals surface area contributed by atoms with Crippen molar-refractivity contribution in [2.24, 2.45) is 5.92 Å². The lowest BCUT2D eigenvalue weighted by molar-refractivity contribution is -0.141. The van der Waals surface area contributed by atoms with Crippen LogP contribution in [0.15, 0.2) is 18.2 Å². The van der Waals surface area contributed by atoms with Gasteiger partial charge >= 0.3 is 5.97 Å². The highest BCUT2D eigenvalue weighted by molar-refractivity contribution is 6.30. The number of halogens is 1. The van der Waals surface area contributed by atoms with Gasteiger partial charge in [-0.25, -0.2) is 0 Å². The molecule has 114 valence electrons. The fourth-order valence-electron chi connectivity index (χ4n) is 2.52. The molecule has 2 N–H and O–H groups in total. The molecule has 5 nitrogen and oxygen atoms in total. The van der Waals surface area contributed by atoms with E-state index in [1.54, 1.807) is 18.2 Å². The molecule has 2 rings (SSSR count). The first-order valence-corrected chi connectivity index (χ1v) is 7.24. The normalized spacial score (nSPS) is 21.0. The number of carboxylic acid groups (broad SMARTS) is 1. The molecular weight excluding hydrogens is 294 g/mol. The number of carbonyl (C=O) groups excluding carboxylic acids is 1. The summed E-state index contributed by atoms with van der Waals surface area (Å²) in [6.45, 7) is 1.77. The average Bonchev–Trinajstić information content (AvgIpc) is 2.86. The molecule has 1 amide bonds. The van der Waals surface area contributed by atoms with Crippen LogP contribution >= 0.6 is 11.6 Å². The second-order valence-corrected chi connectivity index (χ2v) is 5.75. The molecule has 0 radical (unpaired) electrons. The lowest BCUT2D eigenvalue weighted by Gasteiger charge is -2.14. The van der Waals surface area contributed by atoms with Gasteiger partial charge in [-0.3, -0.25) is 9.59 Å². The van der Waals surface area contributed by atoms with Crippen LogP contribution < -0.4 is 10.1 Å². The monoisotopic (exact) mass is 311 g/mol. The number of ether oxygens (including phenoxy) is 1. The van der Waals surface area contributed by atoms with Gasteiger partial charge in [0.15, 0.2) is 6.61 Å². The van der Waals surface area contributed by atoms with Crippen LogP contribution in [0, 0.1) is 12.8 Å². The van der Waals surface area contributed by atoms with Crippen LogP contribution in [0.4, 0.5) is 0 Å². The molecule has 21 heavy (non-hydrogen) atoms. The second kappa shape index (κ2) is 6.80. The van der Waals surface area contributed by atoms with E-state index < -0.39 is 5.97 Å². The molecule has 1 fully saturated rings. The number of carbonyl (C=O) groups is 2. The molecule has 0 heterocycles. The summed E-state index contributed by atoms with van der Waals surface area (Å²) in [5, 5.41) is 12.4. The van der Waals surface area contributed by atoms with E-state index in [1.807, 2.05) is 6.92 Å². The summed E-state index contributed by atoms with van der Waals surface area (Å²) < 4.78 is 5.45. The molecule has 1 aromatic rings. The van der Waals surface area contributed by atoms with E-state index in [1.165, 1.54) is 0 Å². The fourth-order valence-corrected chi connectivity index (χ4v) is 2.75. The van der Waals surface area contributed by atoms with Crippen molar-refractivity contribution >= 4 is 23.5 Å². The second-order valence-electron chi connectivity index (χ2n) is 5.31. The van der Waals surface area contributed by atoms with Crippen LogP contribution in [0.25, 0.3) is 0 Å². The van der Waals surface area contributed by atoms with Gasteiger partial charge in [0.2, 0.25) is 0 Å². The molecule has 6 heteroatoms. The Labute approximate surface area is 128 Å². The lowest BCUT2D eigenvalue weighted by atomic mass is 10.1. The van der Waals surface area contributed by atoms with Crippen LogP contribution in [-0.2, 0) is 9.59 Å². The predicted molar refractivity (Wildman–Crippen MR) is 78.6 cm³/mol. The molecule has 0 aromatic heterocycles. The van der Waals surface area contributed by atoms with Gasteiger partial charge in [0.05, 0.1) is 5.92 Å². The minimum Gasteiger partial charge on any atom is -0.484 e. The molecule has 0 aliphatic heterocycles. The zero-order valence-electron chi connectivity index (χ0n) is 11.8. The van der Waals surface area contributed by atoms with Gasteiger partial charge < -0.3 is 15.2 Å². The van der Waals surface area contributed by atoms with Crippen molar-refractivity contribution in [1.82, 2.24) is 5.32 Å². The Morgan fingerprint density at radius 3 is 2.81 bits per heavy atom. The lowest BCUT2D eigenvalue weighted by Crippen LogP contribution is -2.36. The average molecular weight is 312 g/mol. The quantitative estimate of drug-likeness (QED) is 0.875. The Balaban J connectivity index is 1.79. The SMILES string of the molecule is Cc1cc(Cl)ccc1OCC(=O)NC1CCC(C(=O)O)C1. The number of rotatable bonds is 5. The highest BCUT2D eigenvalue weighted by Gasteiger charge is 2.30. The maximum absolute atomic E-state index is 11.8. The Bertz CT molecular complexity index is 546. The van der Waals surface area contributed by atoms with Gasteiger partial charge in [-0.15, -0.1) is 0 Å². The van der Waals surface area contributed by atoms with Gasteiger partial charge in [-0.05, 0) is 49.9 Å². The van der Waals surface area contributed by atoms with E-state index >= 15 is 0 Å². The van der Waals surface area contributed by atoms with Crippen molar-refractivity contribution in [2.45, 2.75) is 32.2 Å². The largest absolute Gasteiger partial charge is 0.484 e.